The third-order valence-electron chi connectivity index (χ3n) is 4.12. The van der Waals surface area contributed by atoms with Gasteiger partial charge in [0.2, 0.25) is 0 Å². The number of aromatic nitrogens is 1. The molecule has 0 spiro atoms. The Balaban J connectivity index is 1.75. The summed E-state index contributed by atoms with van der Waals surface area (Å²) >= 11 is 0. The van der Waals surface area contributed by atoms with Gasteiger partial charge in [0.15, 0.2) is 0 Å². The van der Waals surface area contributed by atoms with E-state index in [1.54, 1.807) is 0 Å². The van der Waals surface area contributed by atoms with E-state index >= 15 is 0 Å². The van der Waals surface area contributed by atoms with Gasteiger partial charge in [-0.05, 0) is 43.4 Å². The molecule has 1 aliphatic heterocycles. The molecule has 4 heteroatoms. The smallest absolute Gasteiger partial charge is 0.128 e. The van der Waals surface area contributed by atoms with E-state index in [2.05, 4.69) is 34.3 Å². The summed E-state index contributed by atoms with van der Waals surface area (Å²) in [6.45, 7) is 6.56. The van der Waals surface area contributed by atoms with Gasteiger partial charge in [0, 0.05) is 32.4 Å². The fraction of sp³-hybridized carbons (Fsp3) is 0.688. The Bertz CT molecular complexity index is 374. The highest BCUT2D eigenvalue weighted by Gasteiger charge is 2.12. The molecule has 2 rings (SSSR count). The topological polar surface area (TPSA) is 48.4 Å². The minimum Gasteiger partial charge on any atom is -0.396 e. The van der Waals surface area contributed by atoms with Gasteiger partial charge >= 0.3 is 0 Å². The molecule has 2 N–H and O–H groups in total. The van der Waals surface area contributed by atoms with E-state index in [1.165, 1.54) is 18.4 Å². The predicted molar refractivity (Wildman–Crippen MR) is 82.9 cm³/mol. The Morgan fingerprint density at radius 3 is 2.75 bits per heavy atom. The largest absolute Gasteiger partial charge is 0.396 e. The lowest BCUT2D eigenvalue weighted by atomic mass is 10.0. The van der Waals surface area contributed by atoms with Crippen molar-refractivity contribution in [1.29, 1.82) is 0 Å². The van der Waals surface area contributed by atoms with Gasteiger partial charge in [-0.3, -0.25) is 0 Å². The van der Waals surface area contributed by atoms with Crippen molar-refractivity contribution in [2.75, 3.05) is 31.1 Å². The molecule has 0 radical (unpaired) electrons. The van der Waals surface area contributed by atoms with Crippen LogP contribution in [0.5, 0.6) is 0 Å². The van der Waals surface area contributed by atoms with Crippen LogP contribution in [0.4, 0.5) is 5.82 Å². The molecule has 0 aliphatic carbocycles. The molecular weight excluding hydrogens is 250 g/mol. The number of anilines is 1. The molecule has 2 heterocycles. The molecule has 0 amide bonds. The van der Waals surface area contributed by atoms with Crippen LogP contribution in [0.25, 0.3) is 0 Å². The van der Waals surface area contributed by atoms with E-state index in [4.69, 9.17) is 5.11 Å². The van der Waals surface area contributed by atoms with E-state index < -0.39 is 0 Å². The number of nitrogens with one attached hydrogen (secondary N) is 1. The van der Waals surface area contributed by atoms with Gasteiger partial charge in [0.05, 0.1) is 0 Å². The molecule has 1 aromatic heterocycles. The number of hydrogen-bond donors (Lipinski definition) is 2. The molecule has 20 heavy (non-hydrogen) atoms. The Morgan fingerprint density at radius 1 is 1.35 bits per heavy atom. The number of rotatable bonds is 8. The van der Waals surface area contributed by atoms with Crippen molar-refractivity contribution in [3.63, 3.8) is 0 Å². The highest BCUT2D eigenvalue weighted by Crippen LogP contribution is 2.17. The summed E-state index contributed by atoms with van der Waals surface area (Å²) in [5.74, 6) is 1.68. The summed E-state index contributed by atoms with van der Waals surface area (Å²) in [5.41, 5.74) is 1.23. The number of aliphatic hydroxyl groups excluding tert-OH is 1. The molecule has 4 nitrogen and oxygen atoms in total. The summed E-state index contributed by atoms with van der Waals surface area (Å²) in [5, 5.41) is 12.4. The molecule has 1 fully saturated rings. The van der Waals surface area contributed by atoms with E-state index in [1.807, 2.05) is 6.20 Å². The van der Waals surface area contributed by atoms with Crippen molar-refractivity contribution in [3.05, 3.63) is 23.9 Å². The zero-order valence-electron chi connectivity index (χ0n) is 12.5. The van der Waals surface area contributed by atoms with Gasteiger partial charge < -0.3 is 15.3 Å². The number of hydrogen-bond acceptors (Lipinski definition) is 4. The van der Waals surface area contributed by atoms with Crippen LogP contribution in [0.3, 0.4) is 0 Å². The number of nitrogens with zero attached hydrogens (tertiary/aromatic N) is 2. The zero-order chi connectivity index (χ0) is 14.2. The third-order valence-corrected chi connectivity index (χ3v) is 4.12. The summed E-state index contributed by atoms with van der Waals surface area (Å²) < 4.78 is 0. The standard InChI is InChI=1S/C16H27N3O/c1-2-14(7-10-20)11-17-12-15-5-6-16(18-13-15)19-8-3-4-9-19/h5-6,13-14,17,20H,2-4,7-12H2,1H3. The Kier molecular flexibility index (Phi) is 6.27. The van der Waals surface area contributed by atoms with Crippen molar-refractivity contribution in [2.24, 2.45) is 5.92 Å². The van der Waals surface area contributed by atoms with Crippen molar-refractivity contribution < 1.29 is 5.11 Å². The fourth-order valence-electron chi connectivity index (χ4n) is 2.71. The van der Waals surface area contributed by atoms with Crippen molar-refractivity contribution in [2.45, 2.75) is 39.2 Å². The highest BCUT2D eigenvalue weighted by molar-refractivity contribution is 5.40. The monoisotopic (exact) mass is 277 g/mol. The maximum atomic E-state index is 8.98. The molecule has 0 saturated carbocycles. The van der Waals surface area contributed by atoms with Gasteiger partial charge in [0.1, 0.15) is 5.82 Å². The van der Waals surface area contributed by atoms with Crippen LogP contribution in [-0.4, -0.2) is 36.3 Å². The van der Waals surface area contributed by atoms with E-state index in [9.17, 15) is 0 Å². The quantitative estimate of drug-likeness (QED) is 0.764. The first-order chi connectivity index (χ1) is 9.83. The molecule has 1 aliphatic rings. The van der Waals surface area contributed by atoms with Crippen LogP contribution >= 0.6 is 0 Å². The van der Waals surface area contributed by atoms with Crippen molar-refractivity contribution in [1.82, 2.24) is 10.3 Å². The van der Waals surface area contributed by atoms with E-state index in [-0.39, 0.29) is 6.61 Å². The Morgan fingerprint density at radius 2 is 2.15 bits per heavy atom. The molecule has 1 saturated heterocycles. The maximum absolute atomic E-state index is 8.98. The van der Waals surface area contributed by atoms with E-state index in [0.717, 1.165) is 44.8 Å². The second-order valence-corrected chi connectivity index (χ2v) is 5.64. The summed E-state index contributed by atoms with van der Waals surface area (Å²) in [6, 6.07) is 4.30. The lowest BCUT2D eigenvalue weighted by Crippen LogP contribution is -2.23. The molecule has 0 bridgehead atoms. The van der Waals surface area contributed by atoms with Crippen molar-refractivity contribution >= 4 is 5.82 Å². The summed E-state index contributed by atoms with van der Waals surface area (Å²) in [6.07, 6.45) is 6.55. The number of aliphatic hydroxyl groups is 1. The third kappa shape index (κ3) is 4.46. The fourth-order valence-corrected chi connectivity index (χ4v) is 2.71. The SMILES string of the molecule is CCC(CCO)CNCc1ccc(N2CCCC2)nc1. The first kappa shape index (κ1) is 15.3. The zero-order valence-corrected chi connectivity index (χ0v) is 12.5. The first-order valence-corrected chi connectivity index (χ1v) is 7.85. The molecule has 1 aromatic rings. The maximum Gasteiger partial charge on any atom is 0.128 e. The molecule has 1 unspecified atom stereocenters. The average Bonchev–Trinajstić information content (AvgIpc) is 3.01. The van der Waals surface area contributed by atoms with Crippen molar-refractivity contribution in [3.8, 4) is 0 Å². The van der Waals surface area contributed by atoms with Crippen LogP contribution in [0.15, 0.2) is 18.3 Å². The summed E-state index contributed by atoms with van der Waals surface area (Å²) in [4.78, 5) is 6.91. The molecule has 112 valence electrons. The molecule has 0 aromatic carbocycles. The predicted octanol–water partition coefficient (Wildman–Crippen LogP) is 2.18. The van der Waals surface area contributed by atoms with Crippen LogP contribution in [0, 0.1) is 5.92 Å². The van der Waals surface area contributed by atoms with Gasteiger partial charge in [-0.2, -0.15) is 0 Å². The number of pyridine rings is 1. The van der Waals surface area contributed by atoms with Gasteiger partial charge in [-0.15, -0.1) is 0 Å². The minimum atomic E-state index is 0.284. The van der Waals surface area contributed by atoms with Crippen LogP contribution in [0.1, 0.15) is 38.2 Å². The first-order valence-electron chi connectivity index (χ1n) is 7.85. The Hall–Kier alpha value is -1.13. The molecular formula is C16H27N3O. The van der Waals surface area contributed by atoms with Crippen LogP contribution in [-0.2, 0) is 6.54 Å². The molecule has 1 atom stereocenters. The Labute approximate surface area is 122 Å². The van der Waals surface area contributed by atoms with E-state index in [0.29, 0.717) is 5.92 Å². The lowest BCUT2D eigenvalue weighted by molar-refractivity contribution is 0.251. The van der Waals surface area contributed by atoms with Crippen LogP contribution in [0.2, 0.25) is 0 Å². The lowest BCUT2D eigenvalue weighted by Gasteiger charge is -2.17. The van der Waals surface area contributed by atoms with Gasteiger partial charge in [-0.25, -0.2) is 4.98 Å². The van der Waals surface area contributed by atoms with Crippen LogP contribution < -0.4 is 10.2 Å². The van der Waals surface area contributed by atoms with Gasteiger partial charge in [0.25, 0.3) is 0 Å². The van der Waals surface area contributed by atoms with Gasteiger partial charge in [-0.1, -0.05) is 19.4 Å². The normalized spacial score (nSPS) is 16.6. The highest BCUT2D eigenvalue weighted by atomic mass is 16.3. The summed E-state index contributed by atoms with van der Waals surface area (Å²) in [7, 11) is 0. The minimum absolute atomic E-state index is 0.284. The second-order valence-electron chi connectivity index (χ2n) is 5.64. The second kappa shape index (κ2) is 8.22. The average molecular weight is 277 g/mol.